The third-order valence-electron chi connectivity index (χ3n) is 3.97. The maximum Gasteiger partial charge on any atom is 0.0701 e. The normalized spacial score (nSPS) is 18.4. The van der Waals surface area contributed by atoms with Crippen LogP contribution in [0.4, 0.5) is 0 Å². The molecule has 0 saturated heterocycles. The Labute approximate surface area is 136 Å². The molecule has 0 radical (unpaired) electrons. The van der Waals surface area contributed by atoms with E-state index in [1.165, 1.54) is 35.0 Å². The molecule has 114 valence electrons. The van der Waals surface area contributed by atoms with Gasteiger partial charge < -0.3 is 10.2 Å². The Hall–Kier alpha value is 0.100. The summed E-state index contributed by atoms with van der Waals surface area (Å²) in [4.78, 5) is 2.47. The topological polar surface area (TPSA) is 15.3 Å². The summed E-state index contributed by atoms with van der Waals surface area (Å²) < 4.78 is 1.23. The lowest BCUT2D eigenvalue weighted by atomic mass is 9.84. The molecule has 1 fully saturated rings. The van der Waals surface area contributed by atoms with Crippen molar-refractivity contribution in [3.63, 3.8) is 0 Å². The smallest absolute Gasteiger partial charge is 0.0701 e. The number of hydrogen-bond acceptors (Lipinski definition) is 3. The number of nitrogens with one attached hydrogen (secondary N) is 1. The zero-order valence-corrected chi connectivity index (χ0v) is 15.3. The van der Waals surface area contributed by atoms with Crippen molar-refractivity contribution in [2.75, 3.05) is 20.1 Å². The number of thiophene rings is 1. The van der Waals surface area contributed by atoms with Gasteiger partial charge in [0.2, 0.25) is 0 Å². The second kappa shape index (κ2) is 7.39. The van der Waals surface area contributed by atoms with Gasteiger partial charge in [0, 0.05) is 25.7 Å². The van der Waals surface area contributed by atoms with Crippen LogP contribution in [-0.4, -0.2) is 31.1 Å². The molecule has 1 aliphatic rings. The van der Waals surface area contributed by atoms with Crippen LogP contribution in [-0.2, 0) is 6.54 Å². The summed E-state index contributed by atoms with van der Waals surface area (Å²) in [6.45, 7) is 8.10. The highest BCUT2D eigenvalue weighted by Gasteiger charge is 2.29. The predicted molar refractivity (Wildman–Crippen MR) is 92.4 cm³/mol. The zero-order valence-electron chi connectivity index (χ0n) is 12.9. The Kier molecular flexibility index (Phi) is 6.09. The van der Waals surface area contributed by atoms with E-state index in [0.29, 0.717) is 5.41 Å². The molecule has 1 aromatic rings. The van der Waals surface area contributed by atoms with Crippen LogP contribution in [0, 0.1) is 5.41 Å². The summed E-state index contributed by atoms with van der Waals surface area (Å²) in [6.07, 6.45) is 5.31. The van der Waals surface area contributed by atoms with Crippen molar-refractivity contribution in [1.29, 1.82) is 0 Å². The van der Waals surface area contributed by atoms with E-state index in [4.69, 9.17) is 0 Å². The van der Waals surface area contributed by atoms with Crippen LogP contribution in [0.15, 0.2) is 15.2 Å². The zero-order chi connectivity index (χ0) is 14.6. The van der Waals surface area contributed by atoms with E-state index in [9.17, 15) is 0 Å². The molecule has 0 aliphatic heterocycles. The van der Waals surface area contributed by atoms with Gasteiger partial charge in [-0.25, -0.2) is 0 Å². The van der Waals surface area contributed by atoms with Crippen molar-refractivity contribution >= 4 is 27.3 Å². The molecule has 1 heterocycles. The highest BCUT2D eigenvalue weighted by molar-refractivity contribution is 9.11. The van der Waals surface area contributed by atoms with Gasteiger partial charge in [-0.05, 0) is 64.7 Å². The molecule has 0 bridgehead atoms. The fourth-order valence-corrected chi connectivity index (χ4v) is 4.15. The Morgan fingerprint density at radius 2 is 2.25 bits per heavy atom. The molecule has 1 unspecified atom stereocenters. The quantitative estimate of drug-likeness (QED) is 0.698. The van der Waals surface area contributed by atoms with E-state index in [2.05, 4.69) is 58.5 Å². The first kappa shape index (κ1) is 16.5. The maximum absolute atomic E-state index is 3.72. The Morgan fingerprint density at radius 1 is 1.50 bits per heavy atom. The van der Waals surface area contributed by atoms with Crippen molar-refractivity contribution in [1.82, 2.24) is 10.2 Å². The van der Waals surface area contributed by atoms with Gasteiger partial charge in [0.15, 0.2) is 0 Å². The molecule has 2 rings (SSSR count). The summed E-state index contributed by atoms with van der Waals surface area (Å²) in [5.41, 5.74) is 1.80. The second-order valence-electron chi connectivity index (χ2n) is 6.65. The molecule has 1 aliphatic carbocycles. The largest absolute Gasteiger partial charge is 0.313 e. The highest BCUT2D eigenvalue weighted by Crippen LogP contribution is 2.28. The first-order chi connectivity index (χ1) is 9.50. The first-order valence-electron chi connectivity index (χ1n) is 7.65. The van der Waals surface area contributed by atoms with Crippen molar-refractivity contribution in [3.05, 3.63) is 20.8 Å². The maximum atomic E-state index is 3.72. The van der Waals surface area contributed by atoms with Crippen LogP contribution in [0.3, 0.4) is 0 Å². The minimum Gasteiger partial charge on any atom is -0.313 e. The van der Waals surface area contributed by atoms with Gasteiger partial charge in [-0.1, -0.05) is 20.3 Å². The van der Waals surface area contributed by atoms with Crippen LogP contribution in [0.2, 0.25) is 0 Å². The van der Waals surface area contributed by atoms with Crippen LogP contribution in [0.5, 0.6) is 0 Å². The molecule has 1 N–H and O–H groups in total. The fourth-order valence-electron chi connectivity index (χ4n) is 2.95. The standard InChI is InChI=1S/C16H27BrN2S/c1-4-7-16(2,11-18-14-5-6-14)12-19(3)9-13-8-15(17)20-10-13/h8,10,14,18H,4-7,9,11-12H2,1-3H3. The predicted octanol–water partition coefficient (Wildman–Crippen LogP) is 4.50. The summed E-state index contributed by atoms with van der Waals surface area (Å²) in [6, 6.07) is 3.05. The van der Waals surface area contributed by atoms with Gasteiger partial charge in [-0.15, -0.1) is 11.3 Å². The number of nitrogens with zero attached hydrogens (tertiary/aromatic N) is 1. The average molecular weight is 359 g/mol. The van der Waals surface area contributed by atoms with E-state index in [1.807, 2.05) is 0 Å². The van der Waals surface area contributed by atoms with Crippen molar-refractivity contribution in [3.8, 4) is 0 Å². The number of halogens is 1. The van der Waals surface area contributed by atoms with Gasteiger partial charge in [0.25, 0.3) is 0 Å². The summed E-state index contributed by atoms with van der Waals surface area (Å²) in [5.74, 6) is 0. The Balaban J connectivity index is 1.84. The molecule has 0 amide bonds. The number of rotatable bonds is 9. The third kappa shape index (κ3) is 5.47. The molecular weight excluding hydrogens is 332 g/mol. The van der Waals surface area contributed by atoms with Crippen LogP contribution in [0.1, 0.15) is 45.1 Å². The second-order valence-corrected chi connectivity index (χ2v) is 8.94. The monoisotopic (exact) mass is 358 g/mol. The first-order valence-corrected chi connectivity index (χ1v) is 9.33. The van der Waals surface area contributed by atoms with Crippen molar-refractivity contribution < 1.29 is 0 Å². The lowest BCUT2D eigenvalue weighted by molar-refractivity contribution is 0.168. The Bertz CT molecular complexity index is 416. The van der Waals surface area contributed by atoms with Crippen molar-refractivity contribution in [2.45, 2.75) is 52.1 Å². The fraction of sp³-hybridized carbons (Fsp3) is 0.750. The molecule has 4 heteroatoms. The van der Waals surface area contributed by atoms with Crippen LogP contribution in [0.25, 0.3) is 0 Å². The minimum absolute atomic E-state index is 0.388. The van der Waals surface area contributed by atoms with Gasteiger partial charge in [0.05, 0.1) is 3.79 Å². The van der Waals surface area contributed by atoms with E-state index in [1.54, 1.807) is 11.3 Å². The molecule has 1 aromatic heterocycles. The molecule has 2 nitrogen and oxygen atoms in total. The van der Waals surface area contributed by atoms with Gasteiger partial charge in [-0.3, -0.25) is 0 Å². The Morgan fingerprint density at radius 3 is 2.80 bits per heavy atom. The number of hydrogen-bond donors (Lipinski definition) is 1. The minimum atomic E-state index is 0.388. The summed E-state index contributed by atoms with van der Waals surface area (Å²) in [5, 5.41) is 5.97. The molecular formula is C16H27BrN2S. The SMILES string of the molecule is CCCC(C)(CNC1CC1)CN(C)Cc1csc(Br)c1. The van der Waals surface area contributed by atoms with E-state index in [0.717, 1.165) is 25.7 Å². The van der Waals surface area contributed by atoms with Crippen LogP contribution >= 0.6 is 27.3 Å². The lowest BCUT2D eigenvalue weighted by Crippen LogP contribution is -2.41. The molecule has 0 aromatic carbocycles. The summed E-state index contributed by atoms with van der Waals surface area (Å²) in [7, 11) is 2.25. The third-order valence-corrected chi connectivity index (χ3v) is 5.53. The van der Waals surface area contributed by atoms with Gasteiger partial charge >= 0.3 is 0 Å². The van der Waals surface area contributed by atoms with Crippen molar-refractivity contribution in [2.24, 2.45) is 5.41 Å². The van der Waals surface area contributed by atoms with Gasteiger partial charge in [0.1, 0.15) is 0 Å². The van der Waals surface area contributed by atoms with E-state index >= 15 is 0 Å². The lowest BCUT2D eigenvalue weighted by Gasteiger charge is -2.34. The molecule has 1 saturated carbocycles. The molecule has 0 spiro atoms. The van der Waals surface area contributed by atoms with E-state index < -0.39 is 0 Å². The van der Waals surface area contributed by atoms with Crippen LogP contribution < -0.4 is 5.32 Å². The van der Waals surface area contributed by atoms with Gasteiger partial charge in [-0.2, -0.15) is 0 Å². The summed E-state index contributed by atoms with van der Waals surface area (Å²) >= 11 is 5.32. The van der Waals surface area contributed by atoms with E-state index in [-0.39, 0.29) is 0 Å². The highest BCUT2D eigenvalue weighted by atomic mass is 79.9. The molecule has 20 heavy (non-hydrogen) atoms. The average Bonchev–Trinajstić information content (AvgIpc) is 3.11. The molecule has 1 atom stereocenters.